The number of hydrogen-bond acceptors (Lipinski definition) is 1. The van der Waals surface area contributed by atoms with Gasteiger partial charge in [-0.3, -0.25) is 4.79 Å². The summed E-state index contributed by atoms with van der Waals surface area (Å²) in [6.45, 7) is 5.91. The van der Waals surface area contributed by atoms with Gasteiger partial charge in [0.05, 0.1) is 5.02 Å². The molecule has 0 aromatic heterocycles. The van der Waals surface area contributed by atoms with Gasteiger partial charge >= 0.3 is 0 Å². The molecular weight excluding hydrogens is 275 g/mol. The fourth-order valence-electron chi connectivity index (χ4n) is 1.19. The zero-order valence-electron chi connectivity index (χ0n) is 9.10. The Balaban J connectivity index is 3.08. The summed E-state index contributed by atoms with van der Waals surface area (Å²) in [4.78, 5) is 12.1. The van der Waals surface area contributed by atoms with Crippen LogP contribution in [0, 0.1) is 5.41 Å². The van der Waals surface area contributed by atoms with E-state index in [1.54, 1.807) is 18.2 Å². The van der Waals surface area contributed by atoms with Crippen molar-refractivity contribution in [3.63, 3.8) is 0 Å². The van der Waals surface area contributed by atoms with Crippen LogP contribution in [0.2, 0.25) is 5.02 Å². The van der Waals surface area contributed by atoms with Gasteiger partial charge in [-0.05, 0) is 34.5 Å². The number of rotatable bonds is 3. The van der Waals surface area contributed by atoms with Gasteiger partial charge in [-0.15, -0.1) is 0 Å². The molecule has 0 N–H and O–H groups in total. The van der Waals surface area contributed by atoms with Gasteiger partial charge in [-0.2, -0.15) is 0 Å². The fraction of sp³-hybridized carbons (Fsp3) is 0.417. The quantitative estimate of drug-likeness (QED) is 0.736. The second-order valence-corrected chi connectivity index (χ2v) is 5.46. The zero-order chi connectivity index (χ0) is 11.6. The SMILES string of the molecule is CCC(C)(C)C(=O)c1ccc(Br)c(Cl)c1. The van der Waals surface area contributed by atoms with Crippen LogP contribution in [0.1, 0.15) is 37.6 Å². The van der Waals surface area contributed by atoms with E-state index in [4.69, 9.17) is 11.6 Å². The summed E-state index contributed by atoms with van der Waals surface area (Å²) < 4.78 is 0.815. The molecule has 0 spiro atoms. The van der Waals surface area contributed by atoms with E-state index >= 15 is 0 Å². The Morgan fingerprint density at radius 3 is 2.53 bits per heavy atom. The molecule has 0 bridgehead atoms. The van der Waals surface area contributed by atoms with Gasteiger partial charge in [-0.25, -0.2) is 0 Å². The van der Waals surface area contributed by atoms with Crippen LogP contribution in [0.3, 0.4) is 0 Å². The molecule has 0 heterocycles. The first kappa shape index (κ1) is 12.7. The van der Waals surface area contributed by atoms with Gasteiger partial charge in [0.2, 0.25) is 0 Å². The molecule has 15 heavy (non-hydrogen) atoms. The highest BCUT2D eigenvalue weighted by atomic mass is 79.9. The van der Waals surface area contributed by atoms with Gasteiger partial charge < -0.3 is 0 Å². The lowest BCUT2D eigenvalue weighted by atomic mass is 9.82. The van der Waals surface area contributed by atoms with E-state index in [0.717, 1.165) is 10.9 Å². The van der Waals surface area contributed by atoms with Gasteiger partial charge in [0.1, 0.15) is 0 Å². The lowest BCUT2D eigenvalue weighted by Crippen LogP contribution is -2.23. The Morgan fingerprint density at radius 1 is 1.47 bits per heavy atom. The Bertz CT molecular complexity index is 385. The number of halogens is 2. The molecule has 1 aromatic rings. The summed E-state index contributed by atoms with van der Waals surface area (Å²) >= 11 is 9.25. The molecule has 1 rings (SSSR count). The average molecular weight is 290 g/mol. The first-order chi connectivity index (χ1) is 6.88. The Morgan fingerprint density at radius 2 is 2.07 bits per heavy atom. The van der Waals surface area contributed by atoms with Crippen molar-refractivity contribution < 1.29 is 4.79 Å². The number of ketones is 1. The third-order valence-corrected chi connectivity index (χ3v) is 3.91. The third kappa shape index (κ3) is 2.82. The van der Waals surface area contributed by atoms with Crippen molar-refractivity contribution in [3.8, 4) is 0 Å². The Hall–Kier alpha value is -0.340. The van der Waals surface area contributed by atoms with E-state index in [0.29, 0.717) is 10.6 Å². The topological polar surface area (TPSA) is 17.1 Å². The van der Waals surface area contributed by atoms with Crippen molar-refractivity contribution in [2.75, 3.05) is 0 Å². The summed E-state index contributed by atoms with van der Waals surface area (Å²) in [5.41, 5.74) is 0.354. The van der Waals surface area contributed by atoms with Crippen LogP contribution < -0.4 is 0 Å². The van der Waals surface area contributed by atoms with Crippen LogP contribution in [0.5, 0.6) is 0 Å². The van der Waals surface area contributed by atoms with Crippen molar-refractivity contribution in [2.45, 2.75) is 27.2 Å². The van der Waals surface area contributed by atoms with Crippen molar-refractivity contribution in [1.82, 2.24) is 0 Å². The number of benzene rings is 1. The van der Waals surface area contributed by atoms with E-state index < -0.39 is 0 Å². The van der Waals surface area contributed by atoms with E-state index in [1.165, 1.54) is 0 Å². The van der Waals surface area contributed by atoms with Gasteiger partial charge in [0.25, 0.3) is 0 Å². The largest absolute Gasteiger partial charge is 0.294 e. The second-order valence-electron chi connectivity index (χ2n) is 4.20. The minimum absolute atomic E-state index is 0.138. The summed E-state index contributed by atoms with van der Waals surface area (Å²) in [6.07, 6.45) is 0.819. The minimum atomic E-state index is -0.322. The van der Waals surface area contributed by atoms with E-state index in [1.807, 2.05) is 20.8 Å². The molecule has 0 saturated carbocycles. The molecule has 0 unspecified atom stereocenters. The molecule has 0 aliphatic rings. The highest BCUT2D eigenvalue weighted by molar-refractivity contribution is 9.10. The fourth-order valence-corrected chi connectivity index (χ4v) is 1.62. The van der Waals surface area contributed by atoms with Gasteiger partial charge in [0.15, 0.2) is 5.78 Å². The van der Waals surface area contributed by atoms with Gasteiger partial charge in [0, 0.05) is 15.5 Å². The molecule has 0 amide bonds. The predicted molar refractivity (Wildman–Crippen MR) is 67.6 cm³/mol. The summed E-state index contributed by atoms with van der Waals surface area (Å²) in [7, 11) is 0. The molecule has 0 aliphatic heterocycles. The number of hydrogen-bond donors (Lipinski definition) is 0. The molecule has 0 atom stereocenters. The van der Waals surface area contributed by atoms with Crippen LogP contribution in [0.4, 0.5) is 0 Å². The molecule has 0 radical (unpaired) electrons. The summed E-state index contributed by atoms with van der Waals surface area (Å²) in [5, 5.41) is 0.577. The van der Waals surface area contributed by atoms with Crippen LogP contribution in [-0.2, 0) is 0 Å². The lowest BCUT2D eigenvalue weighted by Gasteiger charge is -2.20. The van der Waals surface area contributed by atoms with Crippen molar-refractivity contribution in [1.29, 1.82) is 0 Å². The Labute approximate surface area is 104 Å². The molecule has 0 fully saturated rings. The monoisotopic (exact) mass is 288 g/mol. The smallest absolute Gasteiger partial charge is 0.168 e. The van der Waals surface area contributed by atoms with Gasteiger partial charge in [-0.1, -0.05) is 38.4 Å². The first-order valence-electron chi connectivity index (χ1n) is 4.88. The van der Waals surface area contributed by atoms with Crippen molar-refractivity contribution >= 4 is 33.3 Å². The highest BCUT2D eigenvalue weighted by Crippen LogP contribution is 2.29. The van der Waals surface area contributed by atoms with Crippen LogP contribution in [0.15, 0.2) is 22.7 Å². The molecule has 1 nitrogen and oxygen atoms in total. The molecule has 3 heteroatoms. The van der Waals surface area contributed by atoms with Crippen molar-refractivity contribution in [3.05, 3.63) is 33.3 Å². The molecule has 1 aromatic carbocycles. The average Bonchev–Trinajstić information content (AvgIpc) is 2.21. The predicted octanol–water partition coefficient (Wildman–Crippen LogP) is 4.72. The minimum Gasteiger partial charge on any atom is -0.294 e. The second kappa shape index (κ2) is 4.67. The number of Topliss-reactive ketones (excluding diaryl/α,β-unsaturated/α-hetero) is 1. The molecule has 0 aliphatic carbocycles. The van der Waals surface area contributed by atoms with E-state index in [2.05, 4.69) is 15.9 Å². The highest BCUT2D eigenvalue weighted by Gasteiger charge is 2.26. The molecular formula is C12H14BrClO. The van der Waals surface area contributed by atoms with E-state index in [-0.39, 0.29) is 11.2 Å². The normalized spacial score (nSPS) is 11.5. The zero-order valence-corrected chi connectivity index (χ0v) is 11.4. The first-order valence-corrected chi connectivity index (χ1v) is 6.05. The maximum atomic E-state index is 12.1. The standard InChI is InChI=1S/C12H14BrClO/c1-4-12(2,3)11(15)8-5-6-9(13)10(14)7-8/h5-7H,4H2,1-3H3. The maximum absolute atomic E-state index is 12.1. The number of carbonyl (C=O) groups is 1. The lowest BCUT2D eigenvalue weighted by molar-refractivity contribution is 0.0833. The summed E-state index contributed by atoms with van der Waals surface area (Å²) in [6, 6.07) is 5.32. The van der Waals surface area contributed by atoms with Crippen LogP contribution in [0.25, 0.3) is 0 Å². The third-order valence-electron chi connectivity index (χ3n) is 2.68. The Kier molecular flexibility index (Phi) is 3.96. The molecule has 0 saturated heterocycles. The maximum Gasteiger partial charge on any atom is 0.168 e. The molecule has 82 valence electrons. The van der Waals surface area contributed by atoms with Crippen LogP contribution in [-0.4, -0.2) is 5.78 Å². The number of carbonyl (C=O) groups excluding carboxylic acids is 1. The summed E-state index contributed by atoms with van der Waals surface area (Å²) in [5.74, 6) is 0.138. The van der Waals surface area contributed by atoms with E-state index in [9.17, 15) is 4.79 Å². The van der Waals surface area contributed by atoms with Crippen LogP contribution >= 0.6 is 27.5 Å². The van der Waals surface area contributed by atoms with Crippen molar-refractivity contribution in [2.24, 2.45) is 5.41 Å².